The van der Waals surface area contributed by atoms with Gasteiger partial charge in [-0.15, -0.1) is 0 Å². The van der Waals surface area contributed by atoms with Gasteiger partial charge in [-0.3, -0.25) is 4.90 Å². The van der Waals surface area contributed by atoms with E-state index in [-0.39, 0.29) is 0 Å². The molecule has 2 aliphatic rings. The van der Waals surface area contributed by atoms with Crippen LogP contribution in [0.4, 0.5) is 0 Å². The second kappa shape index (κ2) is 17.5. The summed E-state index contributed by atoms with van der Waals surface area (Å²) in [7, 11) is 2.22. The molecular formula is C24H48N2. The minimum Gasteiger partial charge on any atom is -0.303 e. The summed E-state index contributed by atoms with van der Waals surface area (Å²) in [6.07, 6.45) is 2.67. The average molecular weight is 365 g/mol. The van der Waals surface area contributed by atoms with Gasteiger partial charge in [-0.05, 0) is 51.4 Å². The zero-order chi connectivity index (χ0) is 20.5. The molecule has 0 spiro atoms. The Morgan fingerprint density at radius 2 is 1.15 bits per heavy atom. The summed E-state index contributed by atoms with van der Waals surface area (Å²) in [5.41, 5.74) is 2.92. The first kappa shape index (κ1) is 27.4. The topological polar surface area (TPSA) is 6.48 Å². The van der Waals surface area contributed by atoms with Gasteiger partial charge in [-0.2, -0.15) is 0 Å². The van der Waals surface area contributed by atoms with E-state index in [4.69, 9.17) is 0 Å². The van der Waals surface area contributed by atoms with Crippen LogP contribution in [0.15, 0.2) is 24.3 Å². The van der Waals surface area contributed by atoms with Crippen molar-refractivity contribution in [2.45, 2.75) is 87.1 Å². The van der Waals surface area contributed by atoms with Crippen LogP contribution >= 0.6 is 0 Å². The van der Waals surface area contributed by atoms with Crippen LogP contribution in [-0.2, 0) is 0 Å². The number of aryl methyl sites for hydroxylation is 1. The van der Waals surface area contributed by atoms with Crippen molar-refractivity contribution in [1.29, 1.82) is 0 Å². The molecule has 0 aliphatic carbocycles. The standard InChI is InChI=1S/C16H24N2.4C2H6/c1-13-3-5-14(6-4-13)15-7-9-18(10-8-15)16-11-17(2)12-16;4*1-2/h3-6,15-16H,7-12H2,1-2H3;4*1-2H3. The Morgan fingerprint density at radius 1 is 0.731 bits per heavy atom. The molecule has 2 nitrogen and oxygen atoms in total. The SMILES string of the molecule is CC.CC.CC.CC.Cc1ccc(C2CCN(C3CN(C)C3)CC2)cc1. The lowest BCUT2D eigenvalue weighted by Gasteiger charge is -2.46. The minimum absolute atomic E-state index is 0.791. The van der Waals surface area contributed by atoms with Crippen molar-refractivity contribution in [3.63, 3.8) is 0 Å². The van der Waals surface area contributed by atoms with Crippen LogP contribution in [0.5, 0.6) is 0 Å². The van der Waals surface area contributed by atoms with Gasteiger partial charge in [0.1, 0.15) is 0 Å². The van der Waals surface area contributed by atoms with Crippen molar-refractivity contribution in [3.05, 3.63) is 35.4 Å². The van der Waals surface area contributed by atoms with Gasteiger partial charge < -0.3 is 4.90 Å². The molecule has 1 aromatic rings. The van der Waals surface area contributed by atoms with Crippen molar-refractivity contribution in [1.82, 2.24) is 9.80 Å². The van der Waals surface area contributed by atoms with E-state index in [0.29, 0.717) is 0 Å². The fourth-order valence-electron chi connectivity index (χ4n) is 3.33. The molecule has 0 atom stereocenters. The zero-order valence-corrected chi connectivity index (χ0v) is 19.6. The van der Waals surface area contributed by atoms with Crippen LogP contribution in [0.1, 0.15) is 85.3 Å². The molecule has 0 aromatic heterocycles. The largest absolute Gasteiger partial charge is 0.303 e. The maximum Gasteiger partial charge on any atom is 0.0350 e. The summed E-state index contributed by atoms with van der Waals surface area (Å²) in [6, 6.07) is 10.00. The number of rotatable bonds is 2. The molecule has 2 fully saturated rings. The summed E-state index contributed by atoms with van der Waals surface area (Å²) in [6.45, 7) is 23.3. The molecule has 0 amide bonds. The van der Waals surface area contributed by atoms with Gasteiger partial charge in [-0.25, -0.2) is 0 Å². The van der Waals surface area contributed by atoms with Crippen LogP contribution in [0, 0.1) is 6.92 Å². The minimum atomic E-state index is 0.791. The average Bonchev–Trinajstić information content (AvgIpc) is 2.72. The summed E-state index contributed by atoms with van der Waals surface area (Å²) in [5, 5.41) is 0. The highest BCUT2D eigenvalue weighted by atomic mass is 15.3. The zero-order valence-electron chi connectivity index (χ0n) is 19.6. The Morgan fingerprint density at radius 3 is 1.54 bits per heavy atom. The first-order chi connectivity index (χ1) is 12.7. The normalized spacial score (nSPS) is 17.6. The second-order valence-electron chi connectivity index (χ2n) is 6.10. The number of benzene rings is 1. The van der Waals surface area contributed by atoms with Crippen molar-refractivity contribution in [2.75, 3.05) is 33.2 Å². The van der Waals surface area contributed by atoms with Gasteiger partial charge in [0.2, 0.25) is 0 Å². The van der Waals surface area contributed by atoms with Gasteiger partial charge >= 0.3 is 0 Å². The van der Waals surface area contributed by atoms with E-state index >= 15 is 0 Å². The third-order valence-electron chi connectivity index (χ3n) is 4.64. The van der Waals surface area contributed by atoms with Crippen LogP contribution in [0.25, 0.3) is 0 Å². The fraction of sp³-hybridized carbons (Fsp3) is 0.750. The molecule has 0 N–H and O–H groups in total. The van der Waals surface area contributed by atoms with Crippen LogP contribution in [0.2, 0.25) is 0 Å². The maximum absolute atomic E-state index is 2.70. The number of hydrogen-bond donors (Lipinski definition) is 0. The Hall–Kier alpha value is -0.860. The Balaban J connectivity index is 0. The van der Waals surface area contributed by atoms with Crippen molar-refractivity contribution >= 4 is 0 Å². The molecule has 0 saturated carbocycles. The first-order valence-corrected chi connectivity index (χ1v) is 11.2. The van der Waals surface area contributed by atoms with Gasteiger partial charge in [0.05, 0.1) is 0 Å². The monoisotopic (exact) mass is 364 g/mol. The number of hydrogen-bond acceptors (Lipinski definition) is 2. The van der Waals surface area contributed by atoms with Gasteiger partial charge in [0, 0.05) is 19.1 Å². The molecule has 0 bridgehead atoms. The molecule has 2 aliphatic heterocycles. The summed E-state index contributed by atoms with van der Waals surface area (Å²) in [4.78, 5) is 5.11. The van der Waals surface area contributed by atoms with Crippen LogP contribution in [0.3, 0.4) is 0 Å². The quantitative estimate of drug-likeness (QED) is 0.584. The molecule has 2 saturated heterocycles. The Kier molecular flexibility index (Phi) is 18.5. The number of likely N-dealkylation sites (tertiary alicyclic amines) is 2. The fourth-order valence-corrected chi connectivity index (χ4v) is 3.33. The number of likely N-dealkylation sites (N-methyl/N-ethyl adjacent to an activating group) is 1. The number of nitrogens with zero attached hydrogens (tertiary/aromatic N) is 2. The van der Waals surface area contributed by atoms with E-state index in [1.54, 1.807) is 5.56 Å². The van der Waals surface area contributed by atoms with Crippen LogP contribution < -0.4 is 0 Å². The van der Waals surface area contributed by atoms with E-state index in [1.807, 2.05) is 55.4 Å². The third kappa shape index (κ3) is 9.19. The predicted molar refractivity (Wildman–Crippen MR) is 121 cm³/mol. The van der Waals surface area contributed by atoms with E-state index in [1.165, 1.54) is 44.6 Å². The molecule has 3 rings (SSSR count). The van der Waals surface area contributed by atoms with Crippen molar-refractivity contribution in [3.8, 4) is 0 Å². The second-order valence-corrected chi connectivity index (χ2v) is 6.10. The van der Waals surface area contributed by atoms with Crippen LogP contribution in [-0.4, -0.2) is 49.1 Å². The molecule has 26 heavy (non-hydrogen) atoms. The molecular weight excluding hydrogens is 316 g/mol. The smallest absolute Gasteiger partial charge is 0.0350 e. The Labute approximate surface area is 166 Å². The van der Waals surface area contributed by atoms with E-state index in [0.717, 1.165) is 12.0 Å². The van der Waals surface area contributed by atoms with E-state index in [9.17, 15) is 0 Å². The first-order valence-electron chi connectivity index (χ1n) is 11.2. The molecule has 1 aromatic carbocycles. The molecule has 2 heterocycles. The van der Waals surface area contributed by atoms with Gasteiger partial charge in [0.15, 0.2) is 0 Å². The summed E-state index contributed by atoms with van der Waals surface area (Å²) in [5.74, 6) is 0.791. The van der Waals surface area contributed by atoms with Crippen molar-refractivity contribution < 1.29 is 0 Å². The molecule has 2 heteroatoms. The highest BCUT2D eigenvalue weighted by molar-refractivity contribution is 5.25. The highest BCUT2D eigenvalue weighted by Crippen LogP contribution is 2.30. The molecule has 0 radical (unpaired) electrons. The predicted octanol–water partition coefficient (Wildman–Crippen LogP) is 6.59. The van der Waals surface area contributed by atoms with E-state index in [2.05, 4.69) is 48.0 Å². The van der Waals surface area contributed by atoms with E-state index < -0.39 is 0 Å². The number of piperidine rings is 1. The highest BCUT2D eigenvalue weighted by Gasteiger charge is 2.31. The molecule has 0 unspecified atom stereocenters. The maximum atomic E-state index is 2.70. The van der Waals surface area contributed by atoms with Crippen molar-refractivity contribution in [2.24, 2.45) is 0 Å². The summed E-state index contributed by atoms with van der Waals surface area (Å²) < 4.78 is 0. The summed E-state index contributed by atoms with van der Waals surface area (Å²) >= 11 is 0. The lowest BCUT2D eigenvalue weighted by atomic mass is 9.88. The lowest BCUT2D eigenvalue weighted by molar-refractivity contribution is 0.0363. The molecule has 154 valence electrons. The van der Waals surface area contributed by atoms with Gasteiger partial charge in [-0.1, -0.05) is 85.2 Å². The van der Waals surface area contributed by atoms with Gasteiger partial charge in [0.25, 0.3) is 0 Å². The lowest BCUT2D eigenvalue weighted by Crippen LogP contribution is -2.59. The Bertz CT molecular complexity index is 385. The third-order valence-corrected chi connectivity index (χ3v) is 4.64.